The van der Waals surface area contributed by atoms with E-state index in [0.29, 0.717) is 28.7 Å². The summed E-state index contributed by atoms with van der Waals surface area (Å²) in [5, 5.41) is 6.76. The number of fused-ring (bicyclic) bond motifs is 1. The van der Waals surface area contributed by atoms with E-state index in [0.717, 1.165) is 36.3 Å². The molecule has 1 fully saturated rings. The smallest absolute Gasteiger partial charge is 0.321 e. The molecule has 0 bridgehead atoms. The minimum Gasteiger partial charge on any atom is -0.335 e. The van der Waals surface area contributed by atoms with Crippen LogP contribution in [0.5, 0.6) is 0 Å². The van der Waals surface area contributed by atoms with Crippen LogP contribution in [0.15, 0.2) is 17.0 Å². The zero-order chi connectivity index (χ0) is 21.5. The van der Waals surface area contributed by atoms with E-state index in [9.17, 15) is 13.2 Å². The number of amides is 2. The van der Waals surface area contributed by atoms with Crippen molar-refractivity contribution in [2.24, 2.45) is 0 Å². The average Bonchev–Trinajstić information content (AvgIpc) is 3.32. The number of hydrogen-bond donors (Lipinski definition) is 2. The molecule has 0 unspecified atom stereocenters. The number of benzene rings is 1. The van der Waals surface area contributed by atoms with Gasteiger partial charge in [0.1, 0.15) is 4.90 Å². The van der Waals surface area contributed by atoms with Gasteiger partial charge in [0.25, 0.3) is 0 Å². The Kier molecular flexibility index (Phi) is 6.28. The van der Waals surface area contributed by atoms with Gasteiger partial charge in [0.15, 0.2) is 5.13 Å². The Hall–Kier alpha value is -1.39. The van der Waals surface area contributed by atoms with Crippen molar-refractivity contribution < 1.29 is 13.2 Å². The van der Waals surface area contributed by atoms with E-state index in [-0.39, 0.29) is 28.5 Å². The molecule has 1 aliphatic heterocycles. The van der Waals surface area contributed by atoms with E-state index >= 15 is 0 Å². The fourth-order valence-corrected chi connectivity index (χ4v) is 7.10. The van der Waals surface area contributed by atoms with Crippen LogP contribution in [0.25, 0.3) is 0 Å². The summed E-state index contributed by atoms with van der Waals surface area (Å²) in [4.78, 5) is 17.6. The lowest BCUT2D eigenvalue weighted by atomic mass is 10.2. The number of carbonyl (C=O) groups is 1. The highest BCUT2D eigenvalue weighted by atomic mass is 35.5. The Morgan fingerprint density at radius 1 is 1.23 bits per heavy atom. The third kappa shape index (κ3) is 4.45. The van der Waals surface area contributed by atoms with Crippen LogP contribution in [-0.4, -0.2) is 36.3 Å². The number of halogens is 2. The molecule has 2 amide bonds. The second-order valence-electron chi connectivity index (χ2n) is 7.59. The first kappa shape index (κ1) is 21.8. The lowest BCUT2D eigenvalue weighted by Crippen LogP contribution is -2.36. The topological polar surface area (TPSA) is 91.4 Å². The van der Waals surface area contributed by atoms with Crippen molar-refractivity contribution in [2.45, 2.75) is 56.5 Å². The van der Waals surface area contributed by atoms with Gasteiger partial charge in [0, 0.05) is 28.9 Å². The molecule has 0 radical (unpaired) electrons. The Morgan fingerprint density at radius 3 is 2.70 bits per heavy atom. The molecule has 0 spiro atoms. The predicted molar refractivity (Wildman–Crippen MR) is 119 cm³/mol. The van der Waals surface area contributed by atoms with Crippen LogP contribution >= 0.6 is 34.5 Å². The van der Waals surface area contributed by atoms with E-state index in [1.54, 1.807) is 6.92 Å². The second-order valence-corrected chi connectivity index (χ2v) is 11.4. The third-order valence-electron chi connectivity index (χ3n) is 5.44. The van der Waals surface area contributed by atoms with Crippen LogP contribution in [-0.2, 0) is 23.0 Å². The molecule has 0 atom stereocenters. The van der Waals surface area contributed by atoms with E-state index < -0.39 is 10.0 Å². The van der Waals surface area contributed by atoms with Gasteiger partial charge in [-0.1, -0.05) is 47.4 Å². The minimum atomic E-state index is -3.78. The number of carbonyl (C=O) groups excluding carboxylic acids is 1. The van der Waals surface area contributed by atoms with Crippen LogP contribution in [0.2, 0.25) is 10.0 Å². The summed E-state index contributed by atoms with van der Waals surface area (Å²) in [5.74, 6) is 0. The molecule has 1 aromatic heterocycles. The largest absolute Gasteiger partial charge is 0.335 e. The number of nitrogens with one attached hydrogen (secondary N) is 2. The number of aromatic nitrogens is 1. The molecule has 0 saturated heterocycles. The van der Waals surface area contributed by atoms with Gasteiger partial charge in [0.05, 0.1) is 17.3 Å². The molecule has 1 aliphatic carbocycles. The molecule has 162 valence electrons. The summed E-state index contributed by atoms with van der Waals surface area (Å²) in [6.07, 6.45) is 4.75. The highest BCUT2D eigenvalue weighted by Gasteiger charge is 2.32. The number of nitrogens with zero attached hydrogens (tertiary/aromatic N) is 2. The molecule has 7 nitrogen and oxygen atoms in total. The standard InChI is InChI=1S/C19H22Cl2N4O3S2/c1-11-8-17(14(21)9-13(11)20)30(27,28)25-7-6-15-16(10-25)29-19(23-15)24-18(26)22-12-4-2-3-5-12/h8-9,12H,2-7,10H2,1H3,(H2,22,23,24,26). The molecule has 4 rings (SSSR count). The molecule has 2 N–H and O–H groups in total. The van der Waals surface area contributed by atoms with Crippen LogP contribution in [0.4, 0.5) is 9.93 Å². The second kappa shape index (κ2) is 8.63. The van der Waals surface area contributed by atoms with Crippen molar-refractivity contribution in [2.75, 3.05) is 11.9 Å². The van der Waals surface area contributed by atoms with Gasteiger partial charge in [-0.2, -0.15) is 4.31 Å². The van der Waals surface area contributed by atoms with E-state index in [1.165, 1.54) is 27.8 Å². The van der Waals surface area contributed by atoms with Crippen molar-refractivity contribution >= 4 is 55.7 Å². The summed E-state index contributed by atoms with van der Waals surface area (Å²) in [6.45, 7) is 2.23. The van der Waals surface area contributed by atoms with Crippen molar-refractivity contribution in [3.63, 3.8) is 0 Å². The maximum Gasteiger partial charge on any atom is 0.321 e. The summed E-state index contributed by atoms with van der Waals surface area (Å²) in [5.41, 5.74) is 1.47. The molecule has 2 aromatic rings. The number of anilines is 1. The SMILES string of the molecule is Cc1cc(S(=O)(=O)N2CCc3nc(NC(=O)NC4CCCC4)sc3C2)c(Cl)cc1Cl. The summed E-state index contributed by atoms with van der Waals surface area (Å²) in [7, 11) is -3.78. The summed E-state index contributed by atoms with van der Waals surface area (Å²) in [6, 6.07) is 2.91. The van der Waals surface area contributed by atoms with Gasteiger partial charge < -0.3 is 5.32 Å². The van der Waals surface area contributed by atoms with Gasteiger partial charge in [-0.3, -0.25) is 5.32 Å². The Labute approximate surface area is 189 Å². The molecule has 1 aromatic carbocycles. The molecule has 11 heteroatoms. The Bertz CT molecular complexity index is 1080. The number of aryl methyl sites for hydroxylation is 1. The lowest BCUT2D eigenvalue weighted by molar-refractivity contribution is 0.248. The number of rotatable bonds is 4. The molecular weight excluding hydrogens is 467 g/mol. The zero-order valence-corrected chi connectivity index (χ0v) is 19.5. The maximum absolute atomic E-state index is 13.2. The van der Waals surface area contributed by atoms with Gasteiger partial charge in [-0.25, -0.2) is 18.2 Å². The van der Waals surface area contributed by atoms with Crippen molar-refractivity contribution in [3.8, 4) is 0 Å². The van der Waals surface area contributed by atoms with Crippen LogP contribution < -0.4 is 10.6 Å². The van der Waals surface area contributed by atoms with Crippen LogP contribution in [0.3, 0.4) is 0 Å². The monoisotopic (exact) mass is 488 g/mol. The molecule has 2 heterocycles. The first-order chi connectivity index (χ1) is 14.2. The number of urea groups is 1. The van der Waals surface area contributed by atoms with Gasteiger partial charge >= 0.3 is 6.03 Å². The van der Waals surface area contributed by atoms with Crippen LogP contribution in [0.1, 0.15) is 41.8 Å². The highest BCUT2D eigenvalue weighted by molar-refractivity contribution is 7.89. The van der Waals surface area contributed by atoms with Crippen molar-refractivity contribution in [3.05, 3.63) is 38.3 Å². The average molecular weight is 489 g/mol. The first-order valence-corrected chi connectivity index (χ1v) is 12.8. The maximum atomic E-state index is 13.2. The number of thiazole rings is 1. The van der Waals surface area contributed by atoms with Crippen molar-refractivity contribution in [1.82, 2.24) is 14.6 Å². The van der Waals surface area contributed by atoms with E-state index in [2.05, 4.69) is 15.6 Å². The lowest BCUT2D eigenvalue weighted by Gasteiger charge is -2.26. The van der Waals surface area contributed by atoms with Crippen LogP contribution in [0, 0.1) is 6.92 Å². The van der Waals surface area contributed by atoms with Gasteiger partial charge in [0.2, 0.25) is 10.0 Å². The van der Waals surface area contributed by atoms with E-state index in [4.69, 9.17) is 23.2 Å². The number of sulfonamides is 1. The molecule has 2 aliphatic rings. The quantitative estimate of drug-likeness (QED) is 0.658. The fourth-order valence-electron chi connectivity index (χ4n) is 3.79. The Balaban J connectivity index is 1.48. The molecular formula is C19H22Cl2N4O3S2. The van der Waals surface area contributed by atoms with E-state index in [1.807, 2.05) is 0 Å². The predicted octanol–water partition coefficient (Wildman–Crippen LogP) is 4.57. The van der Waals surface area contributed by atoms with Crippen molar-refractivity contribution in [1.29, 1.82) is 0 Å². The first-order valence-electron chi connectivity index (χ1n) is 9.76. The highest BCUT2D eigenvalue weighted by Crippen LogP contribution is 2.34. The minimum absolute atomic E-state index is 0.0494. The molecule has 30 heavy (non-hydrogen) atoms. The molecule has 1 saturated carbocycles. The van der Waals surface area contributed by atoms with Gasteiger partial charge in [-0.05, 0) is 37.5 Å². The van der Waals surface area contributed by atoms with Gasteiger partial charge in [-0.15, -0.1) is 0 Å². The summed E-state index contributed by atoms with van der Waals surface area (Å²) >= 11 is 13.5. The summed E-state index contributed by atoms with van der Waals surface area (Å²) < 4.78 is 27.7. The fraction of sp³-hybridized carbons (Fsp3) is 0.474. The normalized spacial score (nSPS) is 17.7. The Morgan fingerprint density at radius 2 is 1.97 bits per heavy atom. The number of hydrogen-bond acceptors (Lipinski definition) is 5. The zero-order valence-electron chi connectivity index (χ0n) is 16.4. The third-order valence-corrected chi connectivity index (χ3v) is 9.15.